The van der Waals surface area contributed by atoms with Crippen LogP contribution in [0.1, 0.15) is 23.5 Å². The number of rotatable bonds is 3. The number of hydrogen-bond donors (Lipinski definition) is 0. The molecule has 82 valence electrons. The third-order valence-corrected chi connectivity index (χ3v) is 2.88. The van der Waals surface area contributed by atoms with E-state index in [4.69, 9.17) is 0 Å². The van der Waals surface area contributed by atoms with Crippen molar-refractivity contribution in [3.05, 3.63) is 29.4 Å². The molecule has 0 fully saturated rings. The molecule has 2 aromatic rings. The van der Waals surface area contributed by atoms with Crippen LogP contribution in [0.4, 0.5) is 0 Å². The molecule has 2 heterocycles. The summed E-state index contributed by atoms with van der Waals surface area (Å²) in [5, 5.41) is 0. The van der Waals surface area contributed by atoms with Crippen molar-refractivity contribution in [1.82, 2.24) is 14.3 Å². The lowest BCUT2D eigenvalue weighted by Gasteiger charge is -1.97. The molecule has 0 aromatic carbocycles. The number of nitrogens with zero attached hydrogens (tertiary/aromatic N) is 3. The molecule has 0 bridgehead atoms. The maximum atomic E-state index is 11.7. The van der Waals surface area contributed by atoms with Crippen molar-refractivity contribution in [2.75, 3.05) is 0 Å². The Balaban J connectivity index is 2.30. The van der Waals surface area contributed by atoms with Gasteiger partial charge < -0.3 is 0 Å². The first kappa shape index (κ1) is 10.9. The first-order chi connectivity index (χ1) is 7.68. The zero-order valence-electron chi connectivity index (χ0n) is 9.04. The lowest BCUT2D eigenvalue weighted by Crippen LogP contribution is -2.04. The molecule has 0 aliphatic carbocycles. The summed E-state index contributed by atoms with van der Waals surface area (Å²) in [5.41, 5.74) is 0.662. The van der Waals surface area contributed by atoms with E-state index in [1.807, 2.05) is 13.8 Å². The summed E-state index contributed by atoms with van der Waals surface area (Å²) < 4.78 is 4.19. The number of carbonyl (C=O) groups excluding carboxylic acids is 1. The van der Waals surface area contributed by atoms with E-state index in [1.54, 1.807) is 24.5 Å². The van der Waals surface area contributed by atoms with Gasteiger partial charge in [0.2, 0.25) is 0 Å². The quantitative estimate of drug-likeness (QED) is 0.764. The molecule has 2 aromatic heterocycles. The highest BCUT2D eigenvalue weighted by Crippen LogP contribution is 2.20. The van der Waals surface area contributed by atoms with Gasteiger partial charge in [-0.2, -0.15) is 4.37 Å². The summed E-state index contributed by atoms with van der Waals surface area (Å²) in [6.45, 7) is 3.75. The largest absolute Gasteiger partial charge is 0.293 e. The SMILES string of the molecule is CC(C)C(=O)c1cc(-c2ncccn2)ns1. The van der Waals surface area contributed by atoms with E-state index >= 15 is 0 Å². The van der Waals surface area contributed by atoms with Gasteiger partial charge in [-0.05, 0) is 23.7 Å². The Morgan fingerprint density at radius 1 is 1.31 bits per heavy atom. The fourth-order valence-corrected chi connectivity index (χ4v) is 2.03. The minimum atomic E-state index is -0.00927. The van der Waals surface area contributed by atoms with E-state index in [9.17, 15) is 4.79 Å². The molecule has 16 heavy (non-hydrogen) atoms. The van der Waals surface area contributed by atoms with Crippen molar-refractivity contribution >= 4 is 17.3 Å². The van der Waals surface area contributed by atoms with Crippen molar-refractivity contribution in [2.24, 2.45) is 5.92 Å². The van der Waals surface area contributed by atoms with Gasteiger partial charge in [0, 0.05) is 18.3 Å². The third-order valence-electron chi connectivity index (χ3n) is 2.07. The Bertz CT molecular complexity index is 493. The summed E-state index contributed by atoms with van der Waals surface area (Å²) in [7, 11) is 0. The molecule has 0 atom stereocenters. The monoisotopic (exact) mass is 233 g/mol. The molecule has 0 amide bonds. The Hall–Kier alpha value is -1.62. The zero-order chi connectivity index (χ0) is 11.5. The van der Waals surface area contributed by atoms with E-state index in [0.717, 1.165) is 0 Å². The van der Waals surface area contributed by atoms with Crippen LogP contribution in [0.3, 0.4) is 0 Å². The first-order valence-electron chi connectivity index (χ1n) is 4.97. The van der Waals surface area contributed by atoms with Crippen LogP contribution in [0.15, 0.2) is 24.5 Å². The van der Waals surface area contributed by atoms with Crippen LogP contribution < -0.4 is 0 Å². The van der Waals surface area contributed by atoms with Gasteiger partial charge in [0.15, 0.2) is 11.6 Å². The first-order valence-corrected chi connectivity index (χ1v) is 5.74. The molecular weight excluding hydrogens is 222 g/mol. The second-order valence-corrected chi connectivity index (χ2v) is 4.47. The van der Waals surface area contributed by atoms with E-state index in [0.29, 0.717) is 16.4 Å². The molecule has 0 aliphatic rings. The Kier molecular flexibility index (Phi) is 3.05. The molecule has 0 N–H and O–H groups in total. The van der Waals surface area contributed by atoms with Crippen LogP contribution in [0.2, 0.25) is 0 Å². The molecule has 0 aliphatic heterocycles. The summed E-state index contributed by atoms with van der Waals surface area (Å²) in [4.78, 5) is 20.6. The highest BCUT2D eigenvalue weighted by Gasteiger charge is 2.15. The van der Waals surface area contributed by atoms with Crippen molar-refractivity contribution < 1.29 is 4.79 Å². The van der Waals surface area contributed by atoms with Gasteiger partial charge in [-0.15, -0.1) is 0 Å². The minimum Gasteiger partial charge on any atom is -0.293 e. The van der Waals surface area contributed by atoms with E-state index in [1.165, 1.54) is 11.5 Å². The van der Waals surface area contributed by atoms with Crippen molar-refractivity contribution in [2.45, 2.75) is 13.8 Å². The summed E-state index contributed by atoms with van der Waals surface area (Å²) in [6, 6.07) is 3.50. The topological polar surface area (TPSA) is 55.7 Å². The lowest BCUT2D eigenvalue weighted by molar-refractivity contribution is 0.0943. The Morgan fingerprint density at radius 3 is 2.62 bits per heavy atom. The van der Waals surface area contributed by atoms with Gasteiger partial charge in [0.1, 0.15) is 5.69 Å². The molecule has 5 heteroatoms. The maximum absolute atomic E-state index is 11.7. The number of hydrogen-bond acceptors (Lipinski definition) is 5. The van der Waals surface area contributed by atoms with Crippen molar-refractivity contribution in [3.8, 4) is 11.5 Å². The normalized spacial score (nSPS) is 10.7. The van der Waals surface area contributed by atoms with Crippen LogP contribution in [-0.2, 0) is 0 Å². The van der Waals surface area contributed by atoms with Crippen molar-refractivity contribution in [1.29, 1.82) is 0 Å². The van der Waals surface area contributed by atoms with Gasteiger partial charge in [0.05, 0.1) is 4.88 Å². The fourth-order valence-electron chi connectivity index (χ4n) is 1.21. The van der Waals surface area contributed by atoms with Gasteiger partial charge in [0.25, 0.3) is 0 Å². The zero-order valence-corrected chi connectivity index (χ0v) is 9.86. The predicted octanol–water partition coefficient (Wildman–Crippen LogP) is 2.44. The van der Waals surface area contributed by atoms with Crippen LogP contribution in [0.5, 0.6) is 0 Å². The average Bonchev–Trinajstić information content (AvgIpc) is 2.78. The number of carbonyl (C=O) groups is 1. The Morgan fingerprint density at radius 2 is 2.00 bits per heavy atom. The standard InChI is InChI=1S/C11H11N3OS/c1-7(2)10(15)9-6-8(14-16-9)11-12-4-3-5-13-11/h3-7H,1-2H3. The Labute approximate surface area is 97.6 Å². The smallest absolute Gasteiger partial charge is 0.179 e. The van der Waals surface area contributed by atoms with Crippen LogP contribution in [0.25, 0.3) is 11.5 Å². The number of Topliss-reactive ketones (excluding diaryl/α,β-unsaturated/α-hetero) is 1. The fraction of sp³-hybridized carbons (Fsp3) is 0.273. The highest BCUT2D eigenvalue weighted by molar-refractivity contribution is 7.08. The average molecular weight is 233 g/mol. The third kappa shape index (κ3) is 2.14. The second-order valence-electron chi connectivity index (χ2n) is 3.67. The van der Waals surface area contributed by atoms with Gasteiger partial charge in [-0.25, -0.2) is 9.97 Å². The molecule has 2 rings (SSSR count). The van der Waals surface area contributed by atoms with E-state index in [-0.39, 0.29) is 11.7 Å². The van der Waals surface area contributed by atoms with E-state index in [2.05, 4.69) is 14.3 Å². The molecule has 0 saturated carbocycles. The lowest BCUT2D eigenvalue weighted by atomic mass is 10.1. The predicted molar refractivity (Wildman–Crippen MR) is 62.3 cm³/mol. The van der Waals surface area contributed by atoms with Crippen molar-refractivity contribution in [3.63, 3.8) is 0 Å². The van der Waals surface area contributed by atoms with Gasteiger partial charge in [-0.1, -0.05) is 13.8 Å². The van der Waals surface area contributed by atoms with Crippen LogP contribution in [-0.4, -0.2) is 20.1 Å². The maximum Gasteiger partial charge on any atom is 0.179 e. The van der Waals surface area contributed by atoms with E-state index < -0.39 is 0 Å². The van der Waals surface area contributed by atoms with Gasteiger partial charge >= 0.3 is 0 Å². The molecule has 0 unspecified atom stereocenters. The molecule has 0 radical (unpaired) electrons. The second kappa shape index (κ2) is 4.49. The summed E-state index contributed by atoms with van der Waals surface area (Å²) in [6.07, 6.45) is 3.32. The van der Waals surface area contributed by atoms with Crippen LogP contribution in [0, 0.1) is 5.92 Å². The van der Waals surface area contributed by atoms with Crippen LogP contribution >= 0.6 is 11.5 Å². The van der Waals surface area contributed by atoms with Gasteiger partial charge in [-0.3, -0.25) is 4.79 Å². The molecule has 0 saturated heterocycles. The molecule has 4 nitrogen and oxygen atoms in total. The molecule has 0 spiro atoms. The summed E-state index contributed by atoms with van der Waals surface area (Å²) in [5.74, 6) is 0.659. The molecular formula is C11H11N3OS. The highest BCUT2D eigenvalue weighted by atomic mass is 32.1. The number of aromatic nitrogens is 3. The minimum absolute atomic E-state index is 0.00927. The summed E-state index contributed by atoms with van der Waals surface area (Å²) >= 11 is 1.20. The number of ketones is 1.